The minimum atomic E-state index is -3.56. The summed E-state index contributed by atoms with van der Waals surface area (Å²) in [4.78, 5) is 0. The zero-order chi connectivity index (χ0) is 15.6. The summed E-state index contributed by atoms with van der Waals surface area (Å²) in [6, 6.07) is 3.56. The molecule has 1 aromatic rings. The van der Waals surface area contributed by atoms with E-state index in [1.165, 1.54) is 4.31 Å². The third kappa shape index (κ3) is 3.77. The summed E-state index contributed by atoms with van der Waals surface area (Å²) >= 11 is 3.49. The van der Waals surface area contributed by atoms with Crippen LogP contribution in [0.1, 0.15) is 30.4 Å². The molecule has 1 unspecified atom stereocenters. The van der Waals surface area contributed by atoms with E-state index in [4.69, 9.17) is 5.73 Å². The highest BCUT2D eigenvalue weighted by Gasteiger charge is 2.31. The summed E-state index contributed by atoms with van der Waals surface area (Å²) in [6.45, 7) is 4.78. The number of nitrogens with one attached hydrogen (secondary N) is 1. The summed E-state index contributed by atoms with van der Waals surface area (Å²) in [5.41, 5.74) is 8.31. The first-order valence-electron chi connectivity index (χ1n) is 7.11. The van der Waals surface area contributed by atoms with Gasteiger partial charge in [-0.05, 0) is 49.9 Å². The molecule has 21 heavy (non-hydrogen) atoms. The summed E-state index contributed by atoms with van der Waals surface area (Å²) in [5, 5.41) is 0. The Kier molecular flexibility index (Phi) is 5.29. The molecule has 0 amide bonds. The van der Waals surface area contributed by atoms with E-state index >= 15 is 0 Å². The van der Waals surface area contributed by atoms with Gasteiger partial charge in [0, 0.05) is 23.6 Å². The standard InChI is InChI=1S/C14H22BrN3O2S/c1-10-7-12(8-11(2)14(10)15)17-21(19,20)18-6-4-3-5-13(18)9-16/h7-8,13,17H,3-6,9,16H2,1-2H3. The normalized spacial score (nSPS) is 20.5. The van der Waals surface area contributed by atoms with Crippen LogP contribution < -0.4 is 10.5 Å². The van der Waals surface area contributed by atoms with Crippen LogP contribution in [0, 0.1) is 13.8 Å². The van der Waals surface area contributed by atoms with Crippen molar-refractivity contribution in [1.29, 1.82) is 0 Å². The molecule has 1 aliphatic heterocycles. The Morgan fingerprint density at radius 1 is 1.33 bits per heavy atom. The van der Waals surface area contributed by atoms with Crippen LogP contribution in [-0.4, -0.2) is 31.9 Å². The molecule has 0 saturated carbocycles. The van der Waals surface area contributed by atoms with Gasteiger partial charge in [-0.25, -0.2) is 0 Å². The number of anilines is 1. The lowest BCUT2D eigenvalue weighted by Crippen LogP contribution is -2.49. The lowest BCUT2D eigenvalue weighted by molar-refractivity contribution is 0.259. The number of aryl methyl sites for hydroxylation is 2. The maximum absolute atomic E-state index is 12.6. The lowest BCUT2D eigenvalue weighted by Gasteiger charge is -2.33. The minimum absolute atomic E-state index is 0.103. The zero-order valence-electron chi connectivity index (χ0n) is 12.4. The highest BCUT2D eigenvalue weighted by Crippen LogP contribution is 2.27. The van der Waals surface area contributed by atoms with E-state index in [1.807, 2.05) is 26.0 Å². The highest BCUT2D eigenvalue weighted by atomic mass is 79.9. The fourth-order valence-corrected chi connectivity index (χ4v) is 4.45. The molecule has 5 nitrogen and oxygen atoms in total. The summed E-state index contributed by atoms with van der Waals surface area (Å²) in [7, 11) is -3.56. The van der Waals surface area contributed by atoms with E-state index in [9.17, 15) is 8.42 Å². The second-order valence-electron chi connectivity index (χ2n) is 5.53. The molecule has 1 aromatic carbocycles. The van der Waals surface area contributed by atoms with Gasteiger partial charge in [0.1, 0.15) is 0 Å². The SMILES string of the molecule is Cc1cc(NS(=O)(=O)N2CCCCC2CN)cc(C)c1Br. The Morgan fingerprint density at radius 2 is 1.95 bits per heavy atom. The predicted molar refractivity (Wildman–Crippen MR) is 89.6 cm³/mol. The molecule has 1 heterocycles. The number of hydrogen-bond acceptors (Lipinski definition) is 3. The zero-order valence-corrected chi connectivity index (χ0v) is 14.8. The van der Waals surface area contributed by atoms with Crippen molar-refractivity contribution >= 4 is 31.8 Å². The fourth-order valence-electron chi connectivity index (χ4n) is 2.74. The largest absolute Gasteiger partial charge is 0.329 e. The van der Waals surface area contributed by atoms with Crippen molar-refractivity contribution in [2.75, 3.05) is 17.8 Å². The van der Waals surface area contributed by atoms with Crippen molar-refractivity contribution in [2.45, 2.75) is 39.2 Å². The smallest absolute Gasteiger partial charge is 0.301 e. The van der Waals surface area contributed by atoms with Gasteiger partial charge in [-0.3, -0.25) is 4.72 Å². The molecule has 0 bridgehead atoms. The Balaban J connectivity index is 2.24. The third-order valence-corrected chi connectivity index (χ3v) is 6.68. The Morgan fingerprint density at radius 3 is 2.52 bits per heavy atom. The van der Waals surface area contributed by atoms with Gasteiger partial charge in [0.15, 0.2) is 0 Å². The first-order chi connectivity index (χ1) is 9.85. The second kappa shape index (κ2) is 6.64. The van der Waals surface area contributed by atoms with Crippen molar-refractivity contribution in [2.24, 2.45) is 5.73 Å². The summed E-state index contributed by atoms with van der Waals surface area (Å²) in [5.74, 6) is 0. The van der Waals surface area contributed by atoms with Gasteiger partial charge < -0.3 is 5.73 Å². The lowest BCUT2D eigenvalue weighted by atomic mass is 10.1. The Hall–Kier alpha value is -0.630. The van der Waals surface area contributed by atoms with Crippen LogP contribution in [0.5, 0.6) is 0 Å². The van der Waals surface area contributed by atoms with Gasteiger partial charge >= 0.3 is 10.2 Å². The first-order valence-corrected chi connectivity index (χ1v) is 9.35. The first kappa shape index (κ1) is 16.7. The summed E-state index contributed by atoms with van der Waals surface area (Å²) in [6.07, 6.45) is 2.75. The monoisotopic (exact) mass is 375 g/mol. The fraction of sp³-hybridized carbons (Fsp3) is 0.571. The molecule has 0 aromatic heterocycles. The number of rotatable bonds is 4. The van der Waals surface area contributed by atoms with Gasteiger partial charge in [-0.1, -0.05) is 22.4 Å². The van der Waals surface area contributed by atoms with Crippen LogP contribution in [0.25, 0.3) is 0 Å². The van der Waals surface area contributed by atoms with Gasteiger partial charge in [-0.15, -0.1) is 0 Å². The van der Waals surface area contributed by atoms with E-state index in [0.29, 0.717) is 18.8 Å². The van der Waals surface area contributed by atoms with E-state index < -0.39 is 10.2 Å². The Labute approximate surface area is 135 Å². The molecule has 3 N–H and O–H groups in total. The number of nitrogens with zero attached hydrogens (tertiary/aromatic N) is 1. The number of nitrogens with two attached hydrogens (primary N) is 1. The molecule has 0 aliphatic carbocycles. The van der Waals surface area contributed by atoms with Crippen molar-refractivity contribution in [3.63, 3.8) is 0 Å². The molecular weight excluding hydrogens is 354 g/mol. The highest BCUT2D eigenvalue weighted by molar-refractivity contribution is 9.10. The molecule has 1 fully saturated rings. The topological polar surface area (TPSA) is 75.4 Å². The number of hydrogen-bond donors (Lipinski definition) is 2. The quantitative estimate of drug-likeness (QED) is 0.848. The maximum Gasteiger partial charge on any atom is 0.301 e. The molecule has 0 spiro atoms. The van der Waals surface area contributed by atoms with Crippen LogP contribution in [0.3, 0.4) is 0 Å². The van der Waals surface area contributed by atoms with Crippen molar-refractivity contribution in [1.82, 2.24) is 4.31 Å². The molecule has 1 atom stereocenters. The van der Waals surface area contributed by atoms with Gasteiger partial charge in [0.2, 0.25) is 0 Å². The van der Waals surface area contributed by atoms with E-state index in [0.717, 1.165) is 34.9 Å². The number of benzene rings is 1. The summed E-state index contributed by atoms with van der Waals surface area (Å²) < 4.78 is 30.3. The number of piperidine rings is 1. The van der Waals surface area contributed by atoms with Crippen molar-refractivity contribution in [3.8, 4) is 0 Å². The van der Waals surface area contributed by atoms with Crippen LogP contribution in [0.2, 0.25) is 0 Å². The average molecular weight is 376 g/mol. The Bertz CT molecular complexity index is 596. The van der Waals surface area contributed by atoms with Crippen LogP contribution in [-0.2, 0) is 10.2 Å². The number of halogens is 1. The van der Waals surface area contributed by atoms with E-state index in [1.54, 1.807) is 0 Å². The maximum atomic E-state index is 12.6. The van der Waals surface area contributed by atoms with Crippen molar-refractivity contribution in [3.05, 3.63) is 27.7 Å². The molecule has 2 rings (SSSR count). The predicted octanol–water partition coefficient (Wildman–Crippen LogP) is 2.54. The molecule has 0 radical (unpaired) electrons. The molecule has 1 saturated heterocycles. The van der Waals surface area contributed by atoms with E-state index in [-0.39, 0.29) is 6.04 Å². The van der Waals surface area contributed by atoms with Gasteiger partial charge in [-0.2, -0.15) is 12.7 Å². The molecular formula is C14H22BrN3O2S. The van der Waals surface area contributed by atoms with E-state index in [2.05, 4.69) is 20.7 Å². The second-order valence-corrected chi connectivity index (χ2v) is 7.94. The van der Waals surface area contributed by atoms with Crippen LogP contribution in [0.4, 0.5) is 5.69 Å². The van der Waals surface area contributed by atoms with Gasteiger partial charge in [0.05, 0.1) is 5.69 Å². The van der Waals surface area contributed by atoms with Gasteiger partial charge in [0.25, 0.3) is 0 Å². The minimum Gasteiger partial charge on any atom is -0.329 e. The average Bonchev–Trinajstić information content (AvgIpc) is 2.44. The molecule has 118 valence electrons. The third-order valence-electron chi connectivity index (χ3n) is 3.84. The molecule has 7 heteroatoms. The van der Waals surface area contributed by atoms with Crippen molar-refractivity contribution < 1.29 is 8.42 Å². The molecule has 1 aliphatic rings. The van der Waals surface area contributed by atoms with Crippen LogP contribution >= 0.6 is 15.9 Å². The van der Waals surface area contributed by atoms with Crippen LogP contribution in [0.15, 0.2) is 16.6 Å².